The van der Waals surface area contributed by atoms with Gasteiger partial charge < -0.3 is 9.47 Å². The number of ether oxygens (including phenoxy) is 3. The molecule has 0 saturated heterocycles. The van der Waals surface area contributed by atoms with Crippen LogP contribution in [-0.4, -0.2) is 97.7 Å². The predicted octanol–water partition coefficient (Wildman–Crippen LogP) is 42.1. The Balaban J connectivity index is -0.0000000857. The van der Waals surface area contributed by atoms with Crippen molar-refractivity contribution in [2.75, 3.05) is 47.0 Å². The molecule has 0 aromatic heterocycles. The lowest BCUT2D eigenvalue weighted by molar-refractivity contribution is -0.328. The topological polar surface area (TPSA) is 27.7 Å². The molecule has 0 aromatic carbocycles. The van der Waals surface area contributed by atoms with E-state index in [1.54, 1.807) is 76.3 Å². The number of hydrogen-bond donors (Lipinski definition) is 0. The number of hydrogen-bond acceptors (Lipinski definition) is 3. The van der Waals surface area contributed by atoms with Gasteiger partial charge in [0.25, 0.3) is 0 Å². The second-order valence-corrected chi connectivity index (χ2v) is 42.7. The highest BCUT2D eigenvalue weighted by Gasteiger charge is 2.33. The maximum Gasteiger partial charge on any atom is 0.522 e. The van der Waals surface area contributed by atoms with Crippen LogP contribution in [0, 0.1) is 178 Å². The first-order chi connectivity index (χ1) is 59.2. The monoisotopic (exact) mass is 1980 g/mol. The van der Waals surface area contributed by atoms with Gasteiger partial charge in [0.2, 0.25) is 19.3 Å². The minimum atomic E-state index is -4.48. The molecule has 0 rings (SSSR count). The normalized spacial score (nSPS) is 14.9. The van der Waals surface area contributed by atoms with E-state index < -0.39 is 76.0 Å². The maximum atomic E-state index is 11.7. The predicted molar refractivity (Wildman–Crippen MR) is 527 cm³/mol. The van der Waals surface area contributed by atoms with Crippen LogP contribution in [0.25, 0.3) is 0 Å². The highest BCUT2D eigenvalue weighted by atomic mass is 19.4. The molecule has 0 unspecified atom stereocenters. The Labute approximate surface area is 802 Å². The van der Waals surface area contributed by atoms with Crippen LogP contribution in [0.15, 0.2) is 0 Å². The quantitative estimate of drug-likeness (QED) is 0.0571. The summed E-state index contributed by atoms with van der Waals surface area (Å²) in [4.78, 5) is 0. The van der Waals surface area contributed by atoms with Crippen LogP contribution in [0.2, 0.25) is 0 Å². The summed E-state index contributed by atoms with van der Waals surface area (Å²) in [6.07, 6.45) is -17.3. The van der Waals surface area contributed by atoms with Crippen molar-refractivity contribution in [3.05, 3.63) is 0 Å². The Morgan fingerprint density at radius 2 is 0.538 bits per heavy atom. The second-order valence-electron chi connectivity index (χ2n) is 42.7. The second kappa shape index (κ2) is 99.4. The van der Waals surface area contributed by atoms with E-state index >= 15 is 0 Å². The van der Waals surface area contributed by atoms with Crippen molar-refractivity contribution in [2.45, 2.75) is 467 Å². The third-order valence-electron chi connectivity index (χ3n) is 25.4. The Morgan fingerprint density at radius 3 is 0.689 bits per heavy atom. The van der Waals surface area contributed by atoms with E-state index in [-0.39, 0.29) is 118 Å². The largest absolute Gasteiger partial charge is 0.522 e. The molecule has 0 aromatic rings. The van der Waals surface area contributed by atoms with Crippen LogP contribution in [0.1, 0.15) is 416 Å². The van der Waals surface area contributed by atoms with Crippen molar-refractivity contribution >= 4 is 0 Å². The number of alkyl halides is 23. The van der Waals surface area contributed by atoms with Crippen LogP contribution in [-0.2, 0) is 14.2 Å². The highest BCUT2D eigenvalue weighted by Crippen LogP contribution is 2.32. The zero-order valence-electron chi connectivity index (χ0n) is 94.0. The number of methoxy groups -OCH3 is 1. The molecule has 0 amide bonds. The van der Waals surface area contributed by atoms with Gasteiger partial charge in [-0.15, -0.1) is 13.2 Å². The van der Waals surface area contributed by atoms with Crippen LogP contribution < -0.4 is 0 Å². The lowest BCUT2D eigenvalue weighted by Gasteiger charge is -2.16. The standard InChI is InChI=1S/C8H15F3.C8H16F2.C8H17F.C8H18.C7H13F3O.2C7H13F3.C7H14F2O.C7H14F2.C7H15F.C7H16O.C7H16.C6H12F2.C6H13F.C6H14/c1-6(2)7(3)4-5-8(9,10)11;1-6(2)7(3)4-5-8(9)10;1-7(2)8(3)5-4-6-9;1-5-6-8(4)7(2)3;1-5(2)6(3)4-11-7(8,9)10;2*1-5(2)6(3)4-7(8,9)10;1-5(2)6(3)4-10-7(8)9;1-5(2)6(3)4-7(8)9;1-6(2)7(3)4-5-8;1-6(2)7(3)5-8-4;1-5-7(4)6(2)3;1-4(2)5(3)6(7)8;1-5(2)6(3)4-7;1-5(2)6(3)4/h6-7H,4-5H2,1-3H3;6-8H,4-5H2,1-3H3;7-8H,4-6H2,1-3H3;7-8H,5-6H2,1-4H3;5-6H,4H2,1-3H3;2*5-6H,4H2,1-3H3;5-7H,4H2,1-3H3;5-7H,4H2,1-3H3;6-7H,4-5H2,1-3H3;6-7H,5H2,1-4H3;6-7H,5H2,1-4H3;4-6H,1-3H3;5-6H,4H2,1-3H3;5-6H,1-4H3/t2*7-;2*8-;5*6-;3*7-;5-;6-;/m00000000000010./s1. The molecule has 132 heavy (non-hydrogen) atoms. The van der Waals surface area contributed by atoms with Gasteiger partial charge in [0.15, 0.2) is 0 Å². The summed E-state index contributed by atoms with van der Waals surface area (Å²) in [5, 5.41) is 0. The fraction of sp³-hybridized carbons (Fsp3) is 1.00. The molecule has 822 valence electrons. The van der Waals surface area contributed by atoms with Gasteiger partial charge in [-0.25, -0.2) is 26.3 Å². The lowest BCUT2D eigenvalue weighted by atomic mass is 9.93. The van der Waals surface area contributed by atoms with Crippen molar-refractivity contribution in [3.63, 3.8) is 0 Å². The molecular formula is C106H219F23O3. The molecule has 0 aliphatic carbocycles. The van der Waals surface area contributed by atoms with Gasteiger partial charge in [-0.05, 0) is 204 Å². The number of rotatable bonds is 41. The van der Waals surface area contributed by atoms with Crippen LogP contribution in [0.5, 0.6) is 0 Å². The summed E-state index contributed by atoms with van der Waals surface area (Å²) in [6.45, 7) is 95.0. The van der Waals surface area contributed by atoms with Crippen LogP contribution in [0.4, 0.5) is 101 Å². The first kappa shape index (κ1) is 164. The first-order valence-electron chi connectivity index (χ1n) is 50.0. The smallest absolute Gasteiger partial charge is 0.384 e. The molecule has 0 aliphatic heterocycles. The molecular weight excluding hydrogens is 1760 g/mol. The molecule has 0 heterocycles. The van der Waals surface area contributed by atoms with E-state index in [1.807, 2.05) is 104 Å². The lowest BCUT2D eigenvalue weighted by Crippen LogP contribution is -2.20. The first-order valence-corrected chi connectivity index (χ1v) is 50.0. The van der Waals surface area contributed by atoms with Crippen LogP contribution >= 0.6 is 0 Å². The summed E-state index contributed by atoms with van der Waals surface area (Å²) in [5.74, 6) is 12.1. The van der Waals surface area contributed by atoms with Crippen molar-refractivity contribution in [1.82, 2.24) is 0 Å². The summed E-state index contributed by atoms with van der Waals surface area (Å²) in [5.41, 5.74) is 0. The average Bonchev–Trinajstić information content (AvgIpc) is 0.939. The minimum absolute atomic E-state index is 0.0394. The van der Waals surface area contributed by atoms with E-state index in [9.17, 15) is 101 Å². The Morgan fingerprint density at radius 1 is 0.250 bits per heavy atom. The van der Waals surface area contributed by atoms with Gasteiger partial charge in [-0.3, -0.25) is 17.9 Å². The van der Waals surface area contributed by atoms with Gasteiger partial charge in [0, 0.05) is 51.7 Å². The summed E-state index contributed by atoms with van der Waals surface area (Å²) < 4.78 is 280. The van der Waals surface area contributed by atoms with Gasteiger partial charge in [0.05, 0.1) is 33.2 Å². The third-order valence-corrected chi connectivity index (χ3v) is 25.4. The fourth-order valence-corrected chi connectivity index (χ4v) is 7.46. The Kier molecular flexibility index (Phi) is 123. The van der Waals surface area contributed by atoms with Gasteiger partial charge in [-0.1, -0.05) is 352 Å². The molecule has 0 N–H and O–H groups in total. The number of halogens is 23. The molecule has 0 spiro atoms. The summed E-state index contributed by atoms with van der Waals surface area (Å²) >= 11 is 0. The van der Waals surface area contributed by atoms with Crippen molar-refractivity contribution < 1.29 is 115 Å². The van der Waals surface area contributed by atoms with Gasteiger partial charge in [-0.2, -0.15) is 48.3 Å². The molecule has 14 atom stereocenters. The average molecular weight is 1980 g/mol. The zero-order chi connectivity index (χ0) is 109. The van der Waals surface area contributed by atoms with Crippen molar-refractivity contribution in [1.29, 1.82) is 0 Å². The molecule has 0 saturated carbocycles. The van der Waals surface area contributed by atoms with E-state index in [0.29, 0.717) is 71.5 Å². The van der Waals surface area contributed by atoms with E-state index in [2.05, 4.69) is 169 Å². The fourth-order valence-electron chi connectivity index (χ4n) is 7.46. The molecule has 0 radical (unpaired) electrons. The summed E-state index contributed by atoms with van der Waals surface area (Å²) in [7, 11) is 1.75. The van der Waals surface area contributed by atoms with E-state index in [1.165, 1.54) is 19.3 Å². The zero-order valence-corrected chi connectivity index (χ0v) is 94.0. The molecule has 0 fully saturated rings. The van der Waals surface area contributed by atoms with Crippen molar-refractivity contribution in [2.24, 2.45) is 178 Å². The van der Waals surface area contributed by atoms with E-state index in [0.717, 1.165) is 67.3 Å². The van der Waals surface area contributed by atoms with Crippen LogP contribution in [0.3, 0.4) is 0 Å². The molecule has 0 bridgehead atoms. The molecule has 26 heteroatoms. The molecule has 3 nitrogen and oxygen atoms in total. The molecule has 0 aliphatic rings. The SMILES string of the molecule is CC(C)C(C)C.CC(C)[C@@H](C)C(F)F.CC(C)[C@@H](C)CC(F)(F)F.CC(C)[C@@H](C)CC(F)(F)F.CC(C)[C@@H](C)CC(F)F.CC(C)[C@@H](C)CCC(F)(F)F.CC(C)[C@@H](C)CCC(F)F.CC(C)[C@@H](C)CCCF.CC(C)[C@@H](C)CCF.CC(C)[C@@H](C)CF.CC(C)[C@@H](C)COC(F)(F)F.CC(C)[C@@H](C)COC(F)F.CCC[C@H](C)C(C)C.CC[C@H](C)C(C)C.COC[C@H](C)C(C)C. The minimum Gasteiger partial charge on any atom is -0.384 e. The maximum absolute atomic E-state index is 11.7. The van der Waals surface area contributed by atoms with Gasteiger partial charge in [0.1, 0.15) is 0 Å². The van der Waals surface area contributed by atoms with Crippen molar-refractivity contribution in [3.8, 4) is 0 Å². The van der Waals surface area contributed by atoms with E-state index in [4.69, 9.17) is 4.74 Å². The Hall–Kier alpha value is -1.73. The third kappa shape index (κ3) is 156. The highest BCUT2D eigenvalue weighted by molar-refractivity contribution is 4.67. The van der Waals surface area contributed by atoms with Gasteiger partial charge >= 0.3 is 31.5 Å². The summed E-state index contributed by atoms with van der Waals surface area (Å²) in [6, 6.07) is 0. The Bertz CT molecular complexity index is 2020.